The van der Waals surface area contributed by atoms with Crippen LogP contribution in [0.1, 0.15) is 6.92 Å². The van der Waals surface area contributed by atoms with Gasteiger partial charge in [0.05, 0.1) is 0 Å². The fourth-order valence-electron chi connectivity index (χ4n) is 1.04. The van der Waals surface area contributed by atoms with Crippen molar-refractivity contribution in [3.63, 3.8) is 0 Å². The van der Waals surface area contributed by atoms with Gasteiger partial charge in [0.15, 0.2) is 5.68 Å². The Kier molecular flexibility index (Phi) is 3.36. The summed E-state index contributed by atoms with van der Waals surface area (Å²) in [5, 5.41) is 0. The second-order valence-corrected chi connectivity index (χ2v) is 3.02. The average molecular weight is 180 g/mol. The van der Waals surface area contributed by atoms with Crippen molar-refractivity contribution in [3.8, 4) is 0 Å². The molecule has 4 nitrogen and oxygen atoms in total. The summed E-state index contributed by atoms with van der Waals surface area (Å²) in [4.78, 5) is 11.4. The van der Waals surface area contributed by atoms with Crippen LogP contribution in [0.25, 0.3) is 0 Å². The Hall–Kier alpha value is -0.515. The van der Waals surface area contributed by atoms with E-state index in [1.807, 2.05) is 0 Å². The first-order valence-electron chi connectivity index (χ1n) is 4.17. The third-order valence-corrected chi connectivity index (χ3v) is 1.65. The lowest BCUT2D eigenvalue weighted by atomic mass is 9.68. The Balaban J connectivity index is 2.60. The van der Waals surface area contributed by atoms with E-state index in [-0.39, 0.29) is 5.68 Å². The molecule has 0 saturated carbocycles. The summed E-state index contributed by atoms with van der Waals surface area (Å²) in [5.74, 6) is 0. The highest BCUT2D eigenvalue weighted by atomic mass is 16.7. The van der Waals surface area contributed by atoms with E-state index in [1.165, 1.54) is 0 Å². The van der Waals surface area contributed by atoms with E-state index >= 15 is 0 Å². The largest absolute Gasteiger partial charge is 0.510 e. The summed E-state index contributed by atoms with van der Waals surface area (Å²) < 4.78 is 15.4. The number of carbonyl (C=O) groups excluding carboxylic acids is 1. The van der Waals surface area contributed by atoms with Crippen molar-refractivity contribution in [1.29, 1.82) is 0 Å². The van der Waals surface area contributed by atoms with Gasteiger partial charge in [-0.3, -0.25) is 4.79 Å². The molecule has 1 fully saturated rings. The van der Waals surface area contributed by atoms with Crippen molar-refractivity contribution < 1.29 is 18.5 Å². The predicted octanol–water partition coefficient (Wildman–Crippen LogP) is 0.458. The summed E-state index contributed by atoms with van der Waals surface area (Å²) >= 11 is 0. The van der Waals surface area contributed by atoms with Gasteiger partial charge in [0.2, 0.25) is 0 Å². The minimum absolute atomic E-state index is 0.234. The number of allylic oxidation sites excluding steroid dienone is 1. The minimum Gasteiger partial charge on any atom is -0.453 e. The molecule has 7 heteroatoms. The fraction of sp³-hybridized carbons (Fsp3) is 0.500. The third kappa shape index (κ3) is 2.72. The normalized spacial score (nSPS) is 17.6. The molecule has 0 N–H and O–H groups in total. The lowest BCUT2D eigenvalue weighted by Gasteiger charge is -2.26. The van der Waals surface area contributed by atoms with Gasteiger partial charge in [-0.2, -0.15) is 0 Å². The van der Waals surface area contributed by atoms with Crippen molar-refractivity contribution in [3.05, 3.63) is 12.2 Å². The van der Waals surface area contributed by atoms with E-state index in [1.54, 1.807) is 20.6 Å². The highest BCUT2D eigenvalue weighted by molar-refractivity contribution is 6.91. The molecule has 0 radical (unpaired) electrons. The van der Waals surface area contributed by atoms with Crippen LogP contribution in [0, 0.1) is 0 Å². The van der Waals surface area contributed by atoms with Gasteiger partial charge in [0.1, 0.15) is 0 Å². The Bertz CT molecular complexity index is 222. The van der Waals surface area contributed by atoms with E-state index in [9.17, 15) is 4.79 Å². The summed E-state index contributed by atoms with van der Waals surface area (Å²) in [5.41, 5.74) is 0.188. The first-order chi connectivity index (χ1) is 6.00. The Labute approximate surface area is 79.0 Å². The standard InChI is InChI=1S/C6H11B3O4/c1-5(2)6(10)9-12-7(3)11-8(4)13-9/h1H2,2-4H3. The molecule has 0 aromatic rings. The molecule has 0 spiro atoms. The van der Waals surface area contributed by atoms with Crippen molar-refractivity contribution in [2.75, 3.05) is 0 Å². The van der Waals surface area contributed by atoms with Gasteiger partial charge < -0.3 is 13.7 Å². The van der Waals surface area contributed by atoms with Gasteiger partial charge in [-0.1, -0.05) is 6.58 Å². The average Bonchev–Trinajstić information content (AvgIpc) is 2.01. The molecule has 1 aliphatic rings. The molecule has 1 heterocycles. The predicted molar refractivity (Wildman–Crippen MR) is 52.1 cm³/mol. The minimum atomic E-state index is -0.865. The molecule has 0 aromatic carbocycles. The van der Waals surface area contributed by atoms with Gasteiger partial charge in [-0.05, 0) is 26.1 Å². The quantitative estimate of drug-likeness (QED) is 0.456. The van der Waals surface area contributed by atoms with Crippen LogP contribution in [-0.2, 0) is 18.5 Å². The van der Waals surface area contributed by atoms with E-state index in [0.29, 0.717) is 5.57 Å². The maximum absolute atomic E-state index is 11.4. The number of hydrogen-bond acceptors (Lipinski definition) is 4. The van der Waals surface area contributed by atoms with Gasteiger partial charge in [-0.15, -0.1) is 0 Å². The van der Waals surface area contributed by atoms with Crippen molar-refractivity contribution in [2.24, 2.45) is 0 Å². The zero-order valence-electron chi connectivity index (χ0n) is 8.07. The molecule has 1 aliphatic heterocycles. The topological polar surface area (TPSA) is 44.8 Å². The van der Waals surface area contributed by atoms with E-state index in [0.717, 1.165) is 0 Å². The maximum Gasteiger partial charge on any atom is 0.510 e. The zero-order valence-corrected chi connectivity index (χ0v) is 8.07. The van der Waals surface area contributed by atoms with Crippen LogP contribution in [0.3, 0.4) is 0 Å². The van der Waals surface area contributed by atoms with Crippen LogP contribution in [0.5, 0.6) is 0 Å². The highest BCUT2D eigenvalue weighted by Gasteiger charge is 2.40. The Morgan fingerprint density at radius 3 is 2.00 bits per heavy atom. The number of hydrogen-bond donors (Lipinski definition) is 0. The number of rotatable bonds is 2. The van der Waals surface area contributed by atoms with Crippen molar-refractivity contribution >= 4 is 27.0 Å². The molecule has 1 saturated heterocycles. The van der Waals surface area contributed by atoms with E-state index in [4.69, 9.17) is 13.7 Å². The van der Waals surface area contributed by atoms with Gasteiger partial charge in [0, 0.05) is 0 Å². The Morgan fingerprint density at radius 2 is 1.62 bits per heavy atom. The Morgan fingerprint density at radius 1 is 1.15 bits per heavy atom. The molecule has 68 valence electrons. The second-order valence-electron chi connectivity index (χ2n) is 3.02. The van der Waals surface area contributed by atoms with Crippen LogP contribution in [0.4, 0.5) is 0 Å². The number of carbonyl (C=O) groups is 1. The van der Waals surface area contributed by atoms with E-state index < -0.39 is 21.4 Å². The smallest absolute Gasteiger partial charge is 0.453 e. The second kappa shape index (κ2) is 4.13. The molecule has 13 heavy (non-hydrogen) atoms. The van der Waals surface area contributed by atoms with Gasteiger partial charge in [0.25, 0.3) is 0 Å². The fourth-order valence-corrected chi connectivity index (χ4v) is 1.04. The maximum atomic E-state index is 11.4. The summed E-state index contributed by atoms with van der Waals surface area (Å²) in [6.45, 7) is 8.59. The molecular weight excluding hydrogens is 168 g/mol. The van der Waals surface area contributed by atoms with Crippen LogP contribution in [-0.4, -0.2) is 27.0 Å². The lowest BCUT2D eigenvalue weighted by Crippen LogP contribution is -2.50. The molecule has 0 unspecified atom stereocenters. The summed E-state index contributed by atoms with van der Waals surface area (Å²) in [6.07, 6.45) is 0. The monoisotopic (exact) mass is 180 g/mol. The molecular formula is C6H11B3O4. The van der Waals surface area contributed by atoms with Crippen LogP contribution in [0.15, 0.2) is 12.2 Å². The molecule has 0 aliphatic carbocycles. The van der Waals surface area contributed by atoms with Gasteiger partial charge >= 0.3 is 21.4 Å². The van der Waals surface area contributed by atoms with E-state index in [2.05, 4.69) is 6.58 Å². The lowest BCUT2D eigenvalue weighted by molar-refractivity contribution is -0.110. The SMILES string of the molecule is C=C(C)C(=O)B1OB(C)OB(C)O1. The highest BCUT2D eigenvalue weighted by Crippen LogP contribution is 2.10. The summed E-state index contributed by atoms with van der Waals surface area (Å²) in [6, 6.07) is 0. The third-order valence-electron chi connectivity index (χ3n) is 1.65. The van der Waals surface area contributed by atoms with Gasteiger partial charge in [-0.25, -0.2) is 0 Å². The first kappa shape index (κ1) is 10.6. The zero-order chi connectivity index (χ0) is 10.0. The molecule has 0 atom stereocenters. The first-order valence-corrected chi connectivity index (χ1v) is 4.17. The summed E-state index contributed by atoms with van der Waals surface area (Å²) in [7, 11) is -1.70. The molecule has 1 rings (SSSR count). The van der Waals surface area contributed by atoms with Crippen LogP contribution in [0.2, 0.25) is 13.6 Å². The molecule has 0 aromatic heterocycles. The molecule has 0 bridgehead atoms. The van der Waals surface area contributed by atoms with Crippen LogP contribution < -0.4 is 0 Å². The van der Waals surface area contributed by atoms with Crippen LogP contribution >= 0.6 is 0 Å². The van der Waals surface area contributed by atoms with Crippen molar-refractivity contribution in [1.82, 2.24) is 0 Å². The molecule has 0 amide bonds. The van der Waals surface area contributed by atoms with Crippen molar-refractivity contribution in [2.45, 2.75) is 20.6 Å².